The molecule has 4 aromatic rings. The van der Waals surface area contributed by atoms with Crippen LogP contribution in [0.25, 0.3) is 11.1 Å². The van der Waals surface area contributed by atoms with Gasteiger partial charge in [-0.25, -0.2) is 9.97 Å². The number of carbonyl (C=O) groups is 2. The van der Waals surface area contributed by atoms with Crippen molar-refractivity contribution in [3.05, 3.63) is 76.3 Å². The third-order valence-corrected chi connectivity index (χ3v) is 12.2. The molecule has 0 radical (unpaired) electrons. The van der Waals surface area contributed by atoms with Gasteiger partial charge in [0, 0.05) is 39.1 Å². The highest BCUT2D eigenvalue weighted by Crippen LogP contribution is 2.26. The molecule has 0 aliphatic heterocycles. The minimum absolute atomic E-state index is 0.0221. The van der Waals surface area contributed by atoms with E-state index in [0.717, 1.165) is 35.1 Å². The van der Waals surface area contributed by atoms with Crippen molar-refractivity contribution in [1.29, 1.82) is 0 Å². The van der Waals surface area contributed by atoms with E-state index in [0.29, 0.717) is 45.2 Å². The summed E-state index contributed by atoms with van der Waals surface area (Å²) < 4.78 is 0. The second-order valence-corrected chi connectivity index (χ2v) is 17.6. The molecule has 27 heteroatoms. The lowest BCUT2D eigenvalue weighted by molar-refractivity contribution is -0.136. The first-order chi connectivity index (χ1) is 34.4. The van der Waals surface area contributed by atoms with Gasteiger partial charge >= 0.3 is 0 Å². The SMILES string of the molecule is NCCCCC(c1nn[nH]n1)N(CCN(CC(O)C(O)C(O)C(O)CO)CC(O)C(O)C(O)C(O)CO)C(=O)CCc1ccc(-c2ccc(CCCCN=C(N)NC(=O)c3nc(Cl)c(N)nc3N)cc2)cc1. The summed E-state index contributed by atoms with van der Waals surface area (Å²) in [6.07, 6.45) is -11.0. The number of benzene rings is 2. The number of H-pyrrole nitrogens is 1. The van der Waals surface area contributed by atoms with E-state index in [1.165, 1.54) is 9.80 Å². The number of hydrogen-bond donors (Lipinski definition) is 16. The molecular formula is C45H69ClN14O12. The summed E-state index contributed by atoms with van der Waals surface area (Å²) in [6, 6.07) is 15.1. The van der Waals surface area contributed by atoms with E-state index in [1.807, 2.05) is 48.5 Å². The van der Waals surface area contributed by atoms with Crippen molar-refractivity contribution < 1.29 is 60.7 Å². The van der Waals surface area contributed by atoms with E-state index in [2.05, 4.69) is 40.9 Å². The first-order valence-electron chi connectivity index (χ1n) is 23.4. The Labute approximate surface area is 420 Å². The molecule has 0 bridgehead atoms. The van der Waals surface area contributed by atoms with Crippen molar-refractivity contribution >= 4 is 41.0 Å². The summed E-state index contributed by atoms with van der Waals surface area (Å²) in [7, 11) is 0. The van der Waals surface area contributed by atoms with Gasteiger partial charge in [0.2, 0.25) is 5.91 Å². The van der Waals surface area contributed by atoms with E-state index in [1.54, 1.807) is 0 Å². The van der Waals surface area contributed by atoms with Gasteiger partial charge in [-0.15, -0.1) is 10.2 Å². The topological polar surface area (TPSA) is 452 Å². The number of aliphatic hydroxyl groups excluding tert-OH is 10. The normalized spacial score (nSPS) is 15.8. The van der Waals surface area contributed by atoms with E-state index in [-0.39, 0.29) is 59.7 Å². The van der Waals surface area contributed by atoms with Crippen LogP contribution < -0.4 is 28.3 Å². The number of aromatic amines is 1. The maximum absolute atomic E-state index is 14.3. The summed E-state index contributed by atoms with van der Waals surface area (Å²) in [4.78, 5) is 41.5. The highest BCUT2D eigenvalue weighted by atomic mass is 35.5. The Morgan fingerprint density at radius 2 is 1.28 bits per heavy atom. The highest BCUT2D eigenvalue weighted by molar-refractivity contribution is 6.31. The molecule has 0 spiro atoms. The molecule has 4 rings (SSSR count). The maximum atomic E-state index is 14.3. The number of aliphatic hydroxyl groups is 10. The molecule has 0 aliphatic carbocycles. The van der Waals surface area contributed by atoms with E-state index < -0.39 is 87.1 Å². The molecular weight excluding hydrogens is 964 g/mol. The number of hydrogen-bond acceptors (Lipinski definition) is 22. The molecule has 0 aliphatic rings. The van der Waals surface area contributed by atoms with Gasteiger partial charge in [-0.3, -0.25) is 24.8 Å². The lowest BCUT2D eigenvalue weighted by Gasteiger charge is -2.36. The second kappa shape index (κ2) is 29.8. The number of nitrogens with one attached hydrogen (secondary N) is 2. The van der Waals surface area contributed by atoms with Gasteiger partial charge in [-0.2, -0.15) is 5.21 Å². The summed E-state index contributed by atoms with van der Waals surface area (Å²) >= 11 is 5.85. The quantitative estimate of drug-likeness (QED) is 0.0131. The fourth-order valence-electron chi connectivity index (χ4n) is 7.64. The van der Waals surface area contributed by atoms with Gasteiger partial charge in [0.1, 0.15) is 36.6 Å². The van der Waals surface area contributed by atoms with E-state index in [4.69, 9.17) is 34.5 Å². The largest absolute Gasteiger partial charge is 0.394 e. The molecule has 0 fully saturated rings. The first kappa shape index (κ1) is 59.0. The smallest absolute Gasteiger partial charge is 0.280 e. The monoisotopic (exact) mass is 1030 g/mol. The summed E-state index contributed by atoms with van der Waals surface area (Å²) in [6.45, 7) is -2.42. The minimum atomic E-state index is -1.99. The number of anilines is 2. The second-order valence-electron chi connectivity index (χ2n) is 17.2. The highest BCUT2D eigenvalue weighted by Gasteiger charge is 2.36. The molecule has 2 aromatic carbocycles. The van der Waals surface area contributed by atoms with Gasteiger partial charge in [0.25, 0.3) is 5.91 Å². The Morgan fingerprint density at radius 3 is 1.81 bits per heavy atom. The van der Waals surface area contributed by atoms with Gasteiger partial charge in [0.05, 0.1) is 31.5 Å². The zero-order valence-corrected chi connectivity index (χ0v) is 40.4. The Hall–Kier alpha value is -5.59. The van der Waals surface area contributed by atoms with E-state index in [9.17, 15) is 60.7 Å². The number of rotatable bonds is 31. The van der Waals surface area contributed by atoms with Crippen molar-refractivity contribution in [1.82, 2.24) is 45.7 Å². The number of guanidine groups is 1. The number of unbranched alkanes of at least 4 members (excludes halogenated alkanes) is 2. The predicted molar refractivity (Wildman–Crippen MR) is 263 cm³/mol. The van der Waals surface area contributed by atoms with Crippen LogP contribution in [0.4, 0.5) is 11.6 Å². The van der Waals surface area contributed by atoms with Gasteiger partial charge in [0.15, 0.2) is 34.3 Å². The van der Waals surface area contributed by atoms with Gasteiger partial charge in [-0.05, 0) is 73.7 Å². The van der Waals surface area contributed by atoms with Crippen molar-refractivity contribution in [2.45, 2.75) is 106 Å². The number of nitrogens with two attached hydrogens (primary N) is 4. The lowest BCUT2D eigenvalue weighted by Crippen LogP contribution is -2.54. The number of aryl methyl sites for hydroxylation is 2. The third-order valence-electron chi connectivity index (χ3n) is 11.9. The Bertz CT molecular complexity index is 2240. The van der Waals surface area contributed by atoms with Crippen molar-refractivity contribution in [3.63, 3.8) is 0 Å². The summed E-state index contributed by atoms with van der Waals surface area (Å²) in [5.41, 5.74) is 26.6. The molecule has 72 heavy (non-hydrogen) atoms. The molecule has 0 saturated carbocycles. The zero-order chi connectivity index (χ0) is 52.9. The Kier molecular flexibility index (Phi) is 24.4. The number of aliphatic imine (C=N–C) groups is 1. The predicted octanol–water partition coefficient (Wildman–Crippen LogP) is -3.65. The maximum Gasteiger partial charge on any atom is 0.280 e. The van der Waals surface area contributed by atoms with Crippen LogP contribution in [0.3, 0.4) is 0 Å². The standard InChI is InChI=1S/C45H69ClN14O12/c46-40-42(49)53-41(48)35(52-40)44(72)54-45(50)51-18-4-2-5-25-7-12-27(13-8-25)28-14-9-26(10-15-28)11-16-34(67)60(29(6-1-3-17-47)43-55-57-58-56-43)20-19-59(21-30(63)36(68)38(70)32(65)23-61)22-31(64)37(69)39(71)33(66)24-62/h7-10,12-15,29-33,36-39,61-66,68-71H,1-6,11,16-24,47H2,(H4,48,49,53)(H3,50,51,54,72)(H,55,56,57,58). The number of nitrogen functional groups attached to an aromatic ring is 2. The van der Waals surface area contributed by atoms with Crippen LogP contribution in [0.1, 0.15) is 72.0 Å². The van der Waals surface area contributed by atoms with Crippen LogP contribution in [0.15, 0.2) is 53.5 Å². The molecule has 2 heterocycles. The van der Waals surface area contributed by atoms with Crippen LogP contribution in [-0.4, -0.2) is 211 Å². The van der Waals surface area contributed by atoms with Crippen LogP contribution in [0.5, 0.6) is 0 Å². The summed E-state index contributed by atoms with van der Waals surface area (Å²) in [5, 5.41) is 119. The molecule has 20 N–H and O–H groups in total. The molecule has 26 nitrogen and oxygen atoms in total. The number of tetrazole rings is 1. The zero-order valence-electron chi connectivity index (χ0n) is 39.7. The Balaban J connectivity index is 1.41. The molecule has 2 amide bonds. The molecule has 2 aromatic heterocycles. The summed E-state index contributed by atoms with van der Waals surface area (Å²) in [5.74, 6) is -1.25. The fourth-order valence-corrected chi connectivity index (χ4v) is 7.76. The van der Waals surface area contributed by atoms with Crippen molar-refractivity contribution in [3.8, 4) is 11.1 Å². The third kappa shape index (κ3) is 17.9. The number of aromatic nitrogens is 6. The fraction of sp³-hybridized carbons (Fsp3) is 0.556. The molecule has 398 valence electrons. The number of nitrogens with zero attached hydrogens (tertiary/aromatic N) is 8. The lowest BCUT2D eigenvalue weighted by atomic mass is 9.99. The molecule has 9 unspecified atom stereocenters. The Morgan fingerprint density at radius 1 is 0.722 bits per heavy atom. The minimum Gasteiger partial charge on any atom is -0.394 e. The number of amides is 2. The number of halogens is 1. The number of carbonyl (C=O) groups excluding carboxylic acids is 2. The van der Waals surface area contributed by atoms with Crippen LogP contribution in [0, 0.1) is 0 Å². The average molecular weight is 1030 g/mol. The van der Waals surface area contributed by atoms with E-state index >= 15 is 0 Å². The van der Waals surface area contributed by atoms with Crippen LogP contribution in [-0.2, 0) is 17.6 Å². The van der Waals surface area contributed by atoms with Crippen molar-refractivity contribution in [2.24, 2.45) is 16.5 Å². The average Bonchev–Trinajstić information content (AvgIpc) is 3.92. The van der Waals surface area contributed by atoms with Crippen molar-refractivity contribution in [2.75, 3.05) is 63.9 Å². The van der Waals surface area contributed by atoms with Crippen LogP contribution >= 0.6 is 11.6 Å². The molecule has 9 atom stereocenters. The first-order valence-corrected chi connectivity index (χ1v) is 23.8. The van der Waals surface area contributed by atoms with Crippen LogP contribution in [0.2, 0.25) is 5.15 Å². The van der Waals surface area contributed by atoms with Gasteiger partial charge < -0.3 is 78.9 Å². The molecule has 0 saturated heterocycles. The van der Waals surface area contributed by atoms with Gasteiger partial charge in [-0.1, -0.05) is 65.3 Å².